The van der Waals surface area contributed by atoms with Crippen LogP contribution in [0.5, 0.6) is 11.5 Å². The van der Waals surface area contributed by atoms with Gasteiger partial charge in [-0.25, -0.2) is 8.42 Å². The summed E-state index contributed by atoms with van der Waals surface area (Å²) < 4.78 is 39.2. The van der Waals surface area contributed by atoms with Crippen molar-refractivity contribution >= 4 is 21.6 Å². The highest BCUT2D eigenvalue weighted by Crippen LogP contribution is 2.32. The van der Waals surface area contributed by atoms with Gasteiger partial charge in [0.2, 0.25) is 5.91 Å². The molecule has 1 amide bonds. The van der Waals surface area contributed by atoms with E-state index in [4.69, 9.17) is 9.47 Å². The van der Waals surface area contributed by atoms with Gasteiger partial charge in [0.05, 0.1) is 30.3 Å². The van der Waals surface area contributed by atoms with Crippen LogP contribution in [-0.4, -0.2) is 34.6 Å². The molecule has 0 spiro atoms. The number of amides is 1. The van der Waals surface area contributed by atoms with Crippen molar-refractivity contribution in [2.24, 2.45) is 0 Å². The molecular weight excluding hydrogens is 440 g/mol. The summed E-state index contributed by atoms with van der Waals surface area (Å²) in [5.41, 5.74) is 1.09. The zero-order valence-corrected chi connectivity index (χ0v) is 19.7. The lowest BCUT2D eigenvalue weighted by Gasteiger charge is -2.27. The molecule has 3 aromatic carbocycles. The third-order valence-corrected chi connectivity index (χ3v) is 6.81. The van der Waals surface area contributed by atoms with Crippen LogP contribution in [0.2, 0.25) is 0 Å². The Bertz CT molecular complexity index is 1180. The average Bonchev–Trinajstić information content (AvgIpc) is 2.83. The fraction of sp³-hybridized carbons (Fsp3) is 0.240. The van der Waals surface area contributed by atoms with Crippen LogP contribution in [-0.2, 0) is 14.8 Å². The number of hydrogen-bond donors (Lipinski definition) is 1. The number of carbonyl (C=O) groups is 1. The van der Waals surface area contributed by atoms with Crippen LogP contribution in [0, 0.1) is 0 Å². The molecule has 0 radical (unpaired) electrons. The summed E-state index contributed by atoms with van der Waals surface area (Å²) in [5.74, 6) is 0.560. The van der Waals surface area contributed by atoms with Crippen LogP contribution in [0.1, 0.15) is 25.5 Å². The number of nitrogens with one attached hydrogen (secondary N) is 1. The molecule has 33 heavy (non-hydrogen) atoms. The molecule has 1 atom stereocenters. The maximum absolute atomic E-state index is 13.6. The highest BCUT2D eigenvalue weighted by Gasteiger charge is 2.30. The summed E-state index contributed by atoms with van der Waals surface area (Å²) in [5, 5.41) is 2.88. The van der Waals surface area contributed by atoms with E-state index < -0.39 is 28.5 Å². The van der Waals surface area contributed by atoms with Gasteiger partial charge in [0.15, 0.2) is 0 Å². The molecule has 0 bridgehead atoms. The predicted octanol–water partition coefficient (Wildman–Crippen LogP) is 4.17. The number of ether oxygens (including phenoxy) is 2. The largest absolute Gasteiger partial charge is 0.496 e. The quantitative estimate of drug-likeness (QED) is 0.483. The van der Waals surface area contributed by atoms with Gasteiger partial charge in [0.25, 0.3) is 10.0 Å². The van der Waals surface area contributed by atoms with E-state index in [1.807, 2.05) is 38.1 Å². The number of hydrogen-bond acceptors (Lipinski definition) is 5. The molecule has 0 saturated carbocycles. The van der Waals surface area contributed by atoms with E-state index in [1.54, 1.807) is 49.6 Å². The van der Waals surface area contributed by atoms with Crippen molar-refractivity contribution in [1.82, 2.24) is 5.32 Å². The predicted molar refractivity (Wildman–Crippen MR) is 128 cm³/mol. The second-order valence-electron chi connectivity index (χ2n) is 7.26. The van der Waals surface area contributed by atoms with Crippen LogP contribution >= 0.6 is 0 Å². The molecule has 1 N–H and O–H groups in total. The first kappa shape index (κ1) is 24.1. The van der Waals surface area contributed by atoms with E-state index >= 15 is 0 Å². The Hall–Kier alpha value is -3.52. The minimum Gasteiger partial charge on any atom is -0.496 e. The van der Waals surface area contributed by atoms with E-state index in [2.05, 4.69) is 5.32 Å². The summed E-state index contributed by atoms with van der Waals surface area (Å²) in [6.07, 6.45) is 0. The molecule has 0 aliphatic rings. The Morgan fingerprint density at radius 3 is 2.21 bits per heavy atom. The zero-order chi connectivity index (χ0) is 23.8. The van der Waals surface area contributed by atoms with Crippen molar-refractivity contribution in [3.05, 3.63) is 84.4 Å². The van der Waals surface area contributed by atoms with Crippen LogP contribution in [0.15, 0.2) is 83.8 Å². The van der Waals surface area contributed by atoms with Crippen molar-refractivity contribution < 1.29 is 22.7 Å². The number of rotatable bonds is 10. The summed E-state index contributed by atoms with van der Waals surface area (Å²) >= 11 is 0. The summed E-state index contributed by atoms with van der Waals surface area (Å²) in [6.45, 7) is 3.57. The molecule has 0 aromatic heterocycles. The highest BCUT2D eigenvalue weighted by molar-refractivity contribution is 7.92. The molecule has 0 aliphatic carbocycles. The lowest BCUT2D eigenvalue weighted by Crippen LogP contribution is -2.41. The number of methoxy groups -OCH3 is 1. The first-order chi connectivity index (χ1) is 15.9. The summed E-state index contributed by atoms with van der Waals surface area (Å²) in [6, 6.07) is 21.8. The SMILES string of the molecule is CCOc1ccccc1N(CC(=O)N[C@@H](C)c1ccccc1OC)S(=O)(=O)c1ccccc1. The molecule has 0 saturated heterocycles. The van der Waals surface area contributed by atoms with E-state index in [-0.39, 0.29) is 4.90 Å². The minimum absolute atomic E-state index is 0.0851. The Labute approximate surface area is 195 Å². The van der Waals surface area contributed by atoms with Gasteiger partial charge >= 0.3 is 0 Å². The third-order valence-electron chi connectivity index (χ3n) is 5.04. The molecule has 3 rings (SSSR count). The van der Waals surface area contributed by atoms with E-state index in [9.17, 15) is 13.2 Å². The van der Waals surface area contributed by atoms with Crippen LogP contribution in [0.4, 0.5) is 5.69 Å². The monoisotopic (exact) mass is 468 g/mol. The lowest BCUT2D eigenvalue weighted by atomic mass is 10.1. The number of benzene rings is 3. The summed E-state index contributed by atoms with van der Waals surface area (Å²) in [7, 11) is -2.47. The molecule has 174 valence electrons. The molecule has 8 heteroatoms. The Kier molecular flexibility index (Phi) is 7.95. The Morgan fingerprint density at radius 2 is 1.55 bits per heavy atom. The van der Waals surface area contributed by atoms with Crippen LogP contribution in [0.3, 0.4) is 0 Å². The van der Waals surface area contributed by atoms with Crippen LogP contribution < -0.4 is 19.1 Å². The third kappa shape index (κ3) is 5.64. The van der Waals surface area contributed by atoms with E-state index in [1.165, 1.54) is 12.1 Å². The molecule has 0 fully saturated rings. The Balaban J connectivity index is 1.94. The first-order valence-corrected chi connectivity index (χ1v) is 12.0. The zero-order valence-electron chi connectivity index (χ0n) is 18.9. The molecule has 0 heterocycles. The number of nitrogens with zero attached hydrogens (tertiary/aromatic N) is 1. The molecule has 3 aromatic rings. The second-order valence-corrected chi connectivity index (χ2v) is 9.12. The highest BCUT2D eigenvalue weighted by atomic mass is 32.2. The standard InChI is InChI=1S/C25H28N2O5S/c1-4-32-24-17-11-9-15-22(24)27(33(29,30)20-12-6-5-7-13-20)18-25(28)26-19(2)21-14-8-10-16-23(21)31-3/h5-17,19H,4,18H2,1-3H3,(H,26,28)/t19-/m0/s1. The minimum atomic E-state index is -4.04. The smallest absolute Gasteiger partial charge is 0.264 e. The van der Waals surface area contributed by atoms with Gasteiger partial charge in [0.1, 0.15) is 18.0 Å². The van der Waals surface area contributed by atoms with Crippen molar-refractivity contribution in [2.45, 2.75) is 24.8 Å². The molecule has 0 unspecified atom stereocenters. The lowest BCUT2D eigenvalue weighted by molar-refractivity contribution is -0.120. The normalized spacial score (nSPS) is 12.0. The van der Waals surface area contributed by atoms with Gasteiger partial charge in [-0.05, 0) is 44.2 Å². The van der Waals surface area contributed by atoms with Crippen molar-refractivity contribution in [3.63, 3.8) is 0 Å². The molecule has 0 aliphatic heterocycles. The van der Waals surface area contributed by atoms with Gasteiger partial charge in [-0.1, -0.05) is 48.5 Å². The van der Waals surface area contributed by atoms with E-state index in [0.29, 0.717) is 23.8 Å². The fourth-order valence-corrected chi connectivity index (χ4v) is 4.93. The fourth-order valence-electron chi connectivity index (χ4n) is 3.48. The van der Waals surface area contributed by atoms with Gasteiger partial charge in [-0.15, -0.1) is 0 Å². The molecular formula is C25H28N2O5S. The number of anilines is 1. The van der Waals surface area contributed by atoms with Crippen molar-refractivity contribution in [1.29, 1.82) is 0 Å². The summed E-state index contributed by atoms with van der Waals surface area (Å²) in [4.78, 5) is 13.1. The van der Waals surface area contributed by atoms with Gasteiger partial charge in [0, 0.05) is 5.56 Å². The van der Waals surface area contributed by atoms with Crippen LogP contribution in [0.25, 0.3) is 0 Å². The van der Waals surface area contributed by atoms with Gasteiger partial charge in [-0.3, -0.25) is 9.10 Å². The number of para-hydroxylation sites is 3. The number of carbonyl (C=O) groups excluding carboxylic acids is 1. The first-order valence-electron chi connectivity index (χ1n) is 10.6. The maximum Gasteiger partial charge on any atom is 0.264 e. The average molecular weight is 469 g/mol. The Morgan fingerprint density at radius 1 is 0.939 bits per heavy atom. The number of sulfonamides is 1. The molecule has 7 nitrogen and oxygen atoms in total. The topological polar surface area (TPSA) is 84.9 Å². The van der Waals surface area contributed by atoms with E-state index in [0.717, 1.165) is 9.87 Å². The van der Waals surface area contributed by atoms with Gasteiger partial charge in [-0.2, -0.15) is 0 Å². The maximum atomic E-state index is 13.6. The second kappa shape index (κ2) is 10.9. The van der Waals surface area contributed by atoms with Crippen molar-refractivity contribution in [3.8, 4) is 11.5 Å². The van der Waals surface area contributed by atoms with Gasteiger partial charge < -0.3 is 14.8 Å². The van der Waals surface area contributed by atoms with Crippen molar-refractivity contribution in [2.75, 3.05) is 24.6 Å².